The number of nitrogens with zero attached hydrogens (tertiary/aromatic N) is 2. The first-order valence-electron chi connectivity index (χ1n) is 7.79. The Bertz CT molecular complexity index is 833. The average Bonchev–Trinajstić information content (AvgIpc) is 3.05. The van der Waals surface area contributed by atoms with E-state index in [0.717, 1.165) is 32.8 Å². The van der Waals surface area contributed by atoms with E-state index in [1.807, 2.05) is 32.0 Å². The molecule has 3 aromatic rings. The van der Waals surface area contributed by atoms with E-state index in [-0.39, 0.29) is 17.8 Å². The minimum absolute atomic E-state index is 0.0513. The molecule has 2 heterocycles. The van der Waals surface area contributed by atoms with Crippen LogP contribution in [-0.4, -0.2) is 27.8 Å². The Hall–Kier alpha value is -1.92. The van der Waals surface area contributed by atoms with E-state index >= 15 is 0 Å². The van der Waals surface area contributed by atoms with Gasteiger partial charge in [-0.3, -0.25) is 4.79 Å². The highest BCUT2D eigenvalue weighted by Gasteiger charge is 2.15. The quantitative estimate of drug-likeness (QED) is 0.360. The van der Waals surface area contributed by atoms with Crippen LogP contribution in [0.5, 0.6) is 0 Å². The van der Waals surface area contributed by atoms with Crippen molar-refractivity contribution in [2.24, 2.45) is 0 Å². The molecule has 24 heavy (non-hydrogen) atoms. The second-order valence-corrected chi connectivity index (χ2v) is 7.19. The summed E-state index contributed by atoms with van der Waals surface area (Å²) in [6.45, 7) is 3.90. The third-order valence-electron chi connectivity index (χ3n) is 3.65. The van der Waals surface area contributed by atoms with Gasteiger partial charge in [-0.15, -0.1) is 11.3 Å². The first kappa shape index (κ1) is 16.9. The zero-order valence-corrected chi connectivity index (χ0v) is 15.2. The normalized spacial score (nSPS) is 12.2. The number of thioether (sulfide) groups is 1. The SMILES string of the molecule is CCC(C)OC(=O)CSc1ncnc2scc(-c3ccccc3)c12. The molecule has 0 saturated heterocycles. The highest BCUT2D eigenvalue weighted by molar-refractivity contribution is 8.00. The van der Waals surface area contributed by atoms with Crippen LogP contribution in [0.4, 0.5) is 0 Å². The second-order valence-electron chi connectivity index (χ2n) is 5.37. The molecule has 0 spiro atoms. The number of fused-ring (bicyclic) bond motifs is 1. The van der Waals surface area contributed by atoms with E-state index in [4.69, 9.17) is 4.74 Å². The first-order valence-corrected chi connectivity index (χ1v) is 9.65. The van der Waals surface area contributed by atoms with Crippen molar-refractivity contribution in [3.8, 4) is 11.1 Å². The van der Waals surface area contributed by atoms with Gasteiger partial charge in [-0.25, -0.2) is 9.97 Å². The maximum atomic E-state index is 11.9. The molecule has 2 aromatic heterocycles. The van der Waals surface area contributed by atoms with Gasteiger partial charge in [-0.2, -0.15) is 0 Å². The van der Waals surface area contributed by atoms with E-state index in [9.17, 15) is 4.79 Å². The van der Waals surface area contributed by atoms with Crippen molar-refractivity contribution in [1.29, 1.82) is 0 Å². The predicted octanol–water partition coefficient (Wildman–Crippen LogP) is 4.79. The van der Waals surface area contributed by atoms with Gasteiger partial charge in [-0.1, -0.05) is 49.0 Å². The number of hydrogen-bond donors (Lipinski definition) is 0. The van der Waals surface area contributed by atoms with E-state index in [1.54, 1.807) is 17.7 Å². The van der Waals surface area contributed by atoms with Crippen molar-refractivity contribution >= 4 is 39.3 Å². The van der Waals surface area contributed by atoms with Gasteiger partial charge in [0.2, 0.25) is 0 Å². The van der Waals surface area contributed by atoms with Crippen LogP contribution in [0.25, 0.3) is 21.3 Å². The summed E-state index contributed by atoms with van der Waals surface area (Å²) in [5.41, 5.74) is 2.23. The Morgan fingerprint density at radius 3 is 2.83 bits per heavy atom. The molecule has 0 fully saturated rings. The fourth-order valence-electron chi connectivity index (χ4n) is 2.26. The third kappa shape index (κ3) is 3.76. The highest BCUT2D eigenvalue weighted by atomic mass is 32.2. The van der Waals surface area contributed by atoms with Crippen LogP contribution in [-0.2, 0) is 9.53 Å². The Morgan fingerprint density at radius 2 is 2.08 bits per heavy atom. The lowest BCUT2D eigenvalue weighted by molar-refractivity contribution is -0.144. The maximum Gasteiger partial charge on any atom is 0.316 e. The molecule has 0 aliphatic heterocycles. The predicted molar refractivity (Wildman–Crippen MR) is 99.4 cm³/mol. The van der Waals surface area contributed by atoms with Gasteiger partial charge in [0.25, 0.3) is 0 Å². The molecular formula is C18H18N2O2S2. The zero-order chi connectivity index (χ0) is 16.9. The maximum absolute atomic E-state index is 11.9. The van der Waals surface area contributed by atoms with Crippen LogP contribution in [0.2, 0.25) is 0 Å². The van der Waals surface area contributed by atoms with Gasteiger partial charge in [0.05, 0.1) is 17.2 Å². The van der Waals surface area contributed by atoms with Gasteiger partial charge in [0.1, 0.15) is 16.2 Å². The van der Waals surface area contributed by atoms with Gasteiger partial charge in [0, 0.05) is 10.9 Å². The number of hydrogen-bond acceptors (Lipinski definition) is 6. The molecule has 0 bridgehead atoms. The molecule has 0 aliphatic carbocycles. The van der Waals surface area contributed by atoms with Crippen molar-refractivity contribution in [2.75, 3.05) is 5.75 Å². The molecule has 1 aromatic carbocycles. The number of aromatic nitrogens is 2. The average molecular weight is 358 g/mol. The zero-order valence-electron chi connectivity index (χ0n) is 13.6. The summed E-state index contributed by atoms with van der Waals surface area (Å²) in [5.74, 6) is 0.0400. The lowest BCUT2D eigenvalue weighted by Gasteiger charge is -2.10. The van der Waals surface area contributed by atoms with E-state index < -0.39 is 0 Å². The number of carbonyl (C=O) groups excluding carboxylic acids is 1. The number of rotatable bonds is 6. The molecule has 0 saturated carbocycles. The molecule has 3 rings (SSSR count). The molecule has 0 N–H and O–H groups in total. The van der Waals surface area contributed by atoms with Gasteiger partial charge < -0.3 is 4.74 Å². The summed E-state index contributed by atoms with van der Waals surface area (Å²) in [4.78, 5) is 21.6. The number of thiophene rings is 1. The van der Waals surface area contributed by atoms with Gasteiger partial charge in [-0.05, 0) is 18.9 Å². The lowest BCUT2D eigenvalue weighted by Crippen LogP contribution is -2.15. The van der Waals surface area contributed by atoms with Crippen molar-refractivity contribution in [1.82, 2.24) is 9.97 Å². The topological polar surface area (TPSA) is 52.1 Å². The summed E-state index contributed by atoms with van der Waals surface area (Å²) in [6.07, 6.45) is 2.32. The van der Waals surface area contributed by atoms with Crippen LogP contribution in [0.1, 0.15) is 20.3 Å². The summed E-state index contributed by atoms with van der Waals surface area (Å²) in [7, 11) is 0. The standard InChI is InChI=1S/C18H18N2O2S2/c1-3-12(2)22-15(21)10-24-18-16-14(13-7-5-4-6-8-13)9-23-17(16)19-11-20-18/h4-9,11-12H,3,10H2,1-2H3. The van der Waals surface area contributed by atoms with E-state index in [1.165, 1.54) is 11.8 Å². The van der Waals surface area contributed by atoms with Crippen molar-refractivity contribution in [2.45, 2.75) is 31.4 Å². The summed E-state index contributed by atoms with van der Waals surface area (Å²) < 4.78 is 5.33. The van der Waals surface area contributed by atoms with Gasteiger partial charge in [0.15, 0.2) is 0 Å². The minimum atomic E-state index is -0.211. The molecule has 0 amide bonds. The summed E-state index contributed by atoms with van der Waals surface area (Å²) in [5, 5.41) is 3.92. The third-order valence-corrected chi connectivity index (χ3v) is 5.50. The van der Waals surface area contributed by atoms with E-state index in [2.05, 4.69) is 27.5 Å². The Morgan fingerprint density at radius 1 is 1.29 bits per heavy atom. The number of carbonyl (C=O) groups is 1. The number of ether oxygens (including phenoxy) is 1. The van der Waals surface area contributed by atoms with Crippen LogP contribution in [0.15, 0.2) is 47.1 Å². The number of benzene rings is 1. The first-order chi connectivity index (χ1) is 11.7. The Balaban J connectivity index is 1.86. The monoisotopic (exact) mass is 358 g/mol. The molecule has 1 unspecified atom stereocenters. The van der Waals surface area contributed by atoms with Crippen LogP contribution in [0.3, 0.4) is 0 Å². The molecule has 4 nitrogen and oxygen atoms in total. The molecular weight excluding hydrogens is 340 g/mol. The van der Waals surface area contributed by atoms with Crippen molar-refractivity contribution in [3.63, 3.8) is 0 Å². The molecule has 0 radical (unpaired) electrons. The molecule has 124 valence electrons. The molecule has 0 aliphatic rings. The second kappa shape index (κ2) is 7.77. The Labute approximate surface area is 149 Å². The smallest absolute Gasteiger partial charge is 0.316 e. The Kier molecular flexibility index (Phi) is 5.48. The van der Waals surface area contributed by atoms with Crippen molar-refractivity contribution in [3.05, 3.63) is 42.0 Å². The van der Waals surface area contributed by atoms with Crippen molar-refractivity contribution < 1.29 is 9.53 Å². The fraction of sp³-hybridized carbons (Fsp3) is 0.278. The molecule has 6 heteroatoms. The van der Waals surface area contributed by atoms with Crippen LogP contribution >= 0.6 is 23.1 Å². The fourth-order valence-corrected chi connectivity index (χ4v) is 4.03. The van der Waals surface area contributed by atoms with Crippen LogP contribution in [0, 0.1) is 0 Å². The van der Waals surface area contributed by atoms with Gasteiger partial charge >= 0.3 is 5.97 Å². The highest BCUT2D eigenvalue weighted by Crippen LogP contribution is 2.37. The lowest BCUT2D eigenvalue weighted by atomic mass is 10.1. The van der Waals surface area contributed by atoms with E-state index in [0.29, 0.717) is 0 Å². The summed E-state index contributed by atoms with van der Waals surface area (Å²) >= 11 is 3.00. The molecule has 1 atom stereocenters. The minimum Gasteiger partial charge on any atom is -0.462 e. The van der Waals surface area contributed by atoms with Crippen LogP contribution < -0.4 is 0 Å². The summed E-state index contributed by atoms with van der Waals surface area (Å²) in [6, 6.07) is 10.2. The largest absolute Gasteiger partial charge is 0.462 e. The number of esters is 1.